The molecule has 1 aromatic carbocycles. The molecule has 1 heterocycles. The summed E-state index contributed by atoms with van der Waals surface area (Å²) in [7, 11) is 1.61. The SMILES string of the molecule is COc1cc(N)cc(SCC(=O)N2CCCC2)c1. The maximum absolute atomic E-state index is 11.9. The lowest BCUT2D eigenvalue weighted by Gasteiger charge is -2.14. The van der Waals surface area contributed by atoms with E-state index in [9.17, 15) is 4.79 Å². The van der Waals surface area contributed by atoms with Crippen LogP contribution in [0, 0.1) is 0 Å². The Morgan fingerprint density at radius 1 is 1.39 bits per heavy atom. The van der Waals surface area contributed by atoms with E-state index in [1.165, 1.54) is 11.8 Å². The second kappa shape index (κ2) is 6.00. The summed E-state index contributed by atoms with van der Waals surface area (Å²) in [5.41, 5.74) is 6.43. The van der Waals surface area contributed by atoms with Crippen molar-refractivity contribution >= 4 is 23.4 Å². The molecule has 0 saturated carbocycles. The summed E-state index contributed by atoms with van der Waals surface area (Å²) in [6, 6.07) is 5.54. The average molecular weight is 266 g/mol. The van der Waals surface area contributed by atoms with Gasteiger partial charge in [-0.15, -0.1) is 11.8 Å². The number of methoxy groups -OCH3 is 1. The molecule has 0 bridgehead atoms. The predicted octanol–water partition coefficient (Wildman–Crippen LogP) is 1.99. The summed E-state index contributed by atoms with van der Waals surface area (Å²) in [5.74, 6) is 1.40. The number of nitrogens with two attached hydrogens (primary N) is 1. The molecule has 18 heavy (non-hydrogen) atoms. The quantitative estimate of drug-likeness (QED) is 0.669. The Hall–Kier alpha value is -1.36. The highest BCUT2D eigenvalue weighted by atomic mass is 32.2. The van der Waals surface area contributed by atoms with E-state index in [0.29, 0.717) is 11.4 Å². The second-order valence-electron chi connectivity index (χ2n) is 4.32. The topological polar surface area (TPSA) is 55.6 Å². The van der Waals surface area contributed by atoms with Crippen molar-refractivity contribution in [2.45, 2.75) is 17.7 Å². The third kappa shape index (κ3) is 3.32. The van der Waals surface area contributed by atoms with Gasteiger partial charge in [0.2, 0.25) is 5.91 Å². The lowest BCUT2D eigenvalue weighted by Crippen LogP contribution is -2.29. The standard InChI is InChI=1S/C13H18N2O2S/c1-17-11-6-10(14)7-12(8-11)18-9-13(16)15-4-2-3-5-15/h6-8H,2-5,9,14H2,1H3. The van der Waals surface area contributed by atoms with Crippen molar-refractivity contribution in [1.82, 2.24) is 4.90 Å². The van der Waals surface area contributed by atoms with E-state index in [0.717, 1.165) is 36.6 Å². The molecule has 1 amide bonds. The van der Waals surface area contributed by atoms with E-state index < -0.39 is 0 Å². The number of rotatable bonds is 4. The van der Waals surface area contributed by atoms with Crippen molar-refractivity contribution in [3.8, 4) is 5.75 Å². The third-order valence-corrected chi connectivity index (χ3v) is 3.92. The molecule has 0 atom stereocenters. The van der Waals surface area contributed by atoms with Gasteiger partial charge in [0.15, 0.2) is 0 Å². The molecule has 0 radical (unpaired) electrons. The molecule has 4 nitrogen and oxygen atoms in total. The zero-order valence-electron chi connectivity index (χ0n) is 10.5. The third-order valence-electron chi connectivity index (χ3n) is 2.96. The molecular formula is C13H18N2O2S. The smallest absolute Gasteiger partial charge is 0.232 e. The van der Waals surface area contributed by atoms with Crippen LogP contribution in [0.4, 0.5) is 5.69 Å². The molecule has 2 N–H and O–H groups in total. The largest absolute Gasteiger partial charge is 0.497 e. The summed E-state index contributed by atoms with van der Waals surface area (Å²) in [5, 5.41) is 0. The average Bonchev–Trinajstić information content (AvgIpc) is 2.89. The minimum atomic E-state index is 0.207. The van der Waals surface area contributed by atoms with Crippen LogP contribution in [0.25, 0.3) is 0 Å². The molecule has 1 fully saturated rings. The maximum Gasteiger partial charge on any atom is 0.232 e. The first-order valence-corrected chi connectivity index (χ1v) is 7.03. The van der Waals surface area contributed by atoms with Gasteiger partial charge in [-0.2, -0.15) is 0 Å². The molecule has 0 unspecified atom stereocenters. The van der Waals surface area contributed by atoms with Gasteiger partial charge >= 0.3 is 0 Å². The fraction of sp³-hybridized carbons (Fsp3) is 0.462. The number of nitrogen functional groups attached to an aromatic ring is 1. The van der Waals surface area contributed by atoms with Crippen molar-refractivity contribution in [2.24, 2.45) is 0 Å². The molecule has 1 aliphatic rings. The van der Waals surface area contributed by atoms with Gasteiger partial charge in [0, 0.05) is 29.7 Å². The van der Waals surface area contributed by atoms with Crippen molar-refractivity contribution in [1.29, 1.82) is 0 Å². The number of likely N-dealkylation sites (tertiary alicyclic amines) is 1. The van der Waals surface area contributed by atoms with Crippen LogP contribution in [0.1, 0.15) is 12.8 Å². The highest BCUT2D eigenvalue weighted by molar-refractivity contribution is 8.00. The van der Waals surface area contributed by atoms with Gasteiger partial charge in [0.05, 0.1) is 12.9 Å². The minimum Gasteiger partial charge on any atom is -0.497 e. The number of nitrogens with zero attached hydrogens (tertiary/aromatic N) is 1. The Kier molecular flexibility index (Phi) is 4.36. The van der Waals surface area contributed by atoms with Crippen LogP contribution in [0.5, 0.6) is 5.75 Å². The monoisotopic (exact) mass is 266 g/mol. The highest BCUT2D eigenvalue weighted by Gasteiger charge is 2.17. The molecule has 0 aromatic heterocycles. The molecule has 1 saturated heterocycles. The number of carbonyl (C=O) groups is 1. The zero-order chi connectivity index (χ0) is 13.0. The second-order valence-corrected chi connectivity index (χ2v) is 5.37. The first-order valence-electron chi connectivity index (χ1n) is 6.04. The Bertz CT molecular complexity index is 431. The summed E-state index contributed by atoms with van der Waals surface area (Å²) in [6.07, 6.45) is 2.25. The number of hydrogen-bond acceptors (Lipinski definition) is 4. The number of carbonyl (C=O) groups excluding carboxylic acids is 1. The fourth-order valence-electron chi connectivity index (χ4n) is 2.00. The van der Waals surface area contributed by atoms with E-state index in [4.69, 9.17) is 10.5 Å². The summed E-state index contributed by atoms with van der Waals surface area (Å²) < 4.78 is 5.15. The van der Waals surface area contributed by atoms with Crippen LogP contribution in [-0.2, 0) is 4.79 Å². The Balaban J connectivity index is 1.92. The number of ether oxygens (including phenoxy) is 1. The predicted molar refractivity (Wildman–Crippen MR) is 73.9 cm³/mol. The van der Waals surface area contributed by atoms with Crippen LogP contribution in [0.3, 0.4) is 0 Å². The molecule has 0 aliphatic carbocycles. The van der Waals surface area contributed by atoms with Crippen molar-refractivity contribution in [3.05, 3.63) is 18.2 Å². The summed E-state index contributed by atoms with van der Waals surface area (Å²) in [4.78, 5) is 14.8. The lowest BCUT2D eigenvalue weighted by atomic mass is 10.3. The van der Waals surface area contributed by atoms with Gasteiger partial charge < -0.3 is 15.4 Å². The van der Waals surface area contributed by atoms with Crippen molar-refractivity contribution in [3.63, 3.8) is 0 Å². The molecule has 0 spiro atoms. The van der Waals surface area contributed by atoms with E-state index in [2.05, 4.69) is 0 Å². The molecule has 98 valence electrons. The van der Waals surface area contributed by atoms with Gasteiger partial charge in [0.25, 0.3) is 0 Å². The van der Waals surface area contributed by atoms with Gasteiger partial charge in [0.1, 0.15) is 5.75 Å². The van der Waals surface area contributed by atoms with Gasteiger partial charge in [-0.05, 0) is 25.0 Å². The number of thioether (sulfide) groups is 1. The highest BCUT2D eigenvalue weighted by Crippen LogP contribution is 2.27. The molecule has 1 aliphatic heterocycles. The fourth-order valence-corrected chi connectivity index (χ4v) is 2.89. The molecular weight excluding hydrogens is 248 g/mol. The number of amides is 1. The van der Waals surface area contributed by atoms with Crippen LogP contribution < -0.4 is 10.5 Å². The van der Waals surface area contributed by atoms with Gasteiger partial charge in [-0.3, -0.25) is 4.79 Å². The summed E-state index contributed by atoms with van der Waals surface area (Å²) in [6.45, 7) is 1.80. The summed E-state index contributed by atoms with van der Waals surface area (Å²) >= 11 is 1.51. The minimum absolute atomic E-state index is 0.207. The Morgan fingerprint density at radius 3 is 2.78 bits per heavy atom. The van der Waals surface area contributed by atoms with Crippen LogP contribution in [-0.4, -0.2) is 36.8 Å². The van der Waals surface area contributed by atoms with Gasteiger partial charge in [-0.1, -0.05) is 0 Å². The van der Waals surface area contributed by atoms with E-state index in [1.807, 2.05) is 17.0 Å². The zero-order valence-corrected chi connectivity index (χ0v) is 11.3. The van der Waals surface area contributed by atoms with Crippen molar-refractivity contribution in [2.75, 3.05) is 31.7 Å². The van der Waals surface area contributed by atoms with Gasteiger partial charge in [-0.25, -0.2) is 0 Å². The van der Waals surface area contributed by atoms with Crippen LogP contribution in [0.2, 0.25) is 0 Å². The van der Waals surface area contributed by atoms with E-state index in [-0.39, 0.29) is 5.91 Å². The number of anilines is 1. The van der Waals surface area contributed by atoms with E-state index >= 15 is 0 Å². The van der Waals surface area contributed by atoms with Crippen LogP contribution in [0.15, 0.2) is 23.1 Å². The Labute approximate surface area is 111 Å². The lowest BCUT2D eigenvalue weighted by molar-refractivity contribution is -0.127. The number of hydrogen-bond donors (Lipinski definition) is 1. The Morgan fingerprint density at radius 2 is 2.11 bits per heavy atom. The normalized spacial score (nSPS) is 14.8. The van der Waals surface area contributed by atoms with E-state index in [1.54, 1.807) is 13.2 Å². The number of benzene rings is 1. The maximum atomic E-state index is 11.9. The molecule has 2 rings (SSSR count). The van der Waals surface area contributed by atoms with Crippen molar-refractivity contribution < 1.29 is 9.53 Å². The first-order chi connectivity index (χ1) is 8.69. The van der Waals surface area contributed by atoms with Crippen LogP contribution >= 0.6 is 11.8 Å². The molecule has 1 aromatic rings. The first kappa shape index (κ1) is 13.1. The molecule has 5 heteroatoms.